The average Bonchev–Trinajstić information content (AvgIpc) is 2.41. The summed E-state index contributed by atoms with van der Waals surface area (Å²) in [5.74, 6) is 0.366. The number of hydrogen-bond acceptors (Lipinski definition) is 3. The van der Waals surface area contributed by atoms with E-state index in [1.807, 2.05) is 35.2 Å². The summed E-state index contributed by atoms with van der Waals surface area (Å²) < 4.78 is 0. The van der Waals surface area contributed by atoms with Gasteiger partial charge in [-0.3, -0.25) is 14.5 Å². The second kappa shape index (κ2) is 5.78. The minimum atomic E-state index is 0.0653. The van der Waals surface area contributed by atoms with Gasteiger partial charge in [0.2, 0.25) is 5.91 Å². The Balaban J connectivity index is 1.90. The Labute approximate surface area is 107 Å². The first-order valence-electron chi connectivity index (χ1n) is 6.22. The lowest BCUT2D eigenvalue weighted by Crippen LogP contribution is -2.42. The number of carbonyl (C=O) groups is 2. The monoisotopic (exact) mass is 246 g/mol. The molecule has 0 saturated carbocycles. The highest BCUT2D eigenvalue weighted by atomic mass is 16.2. The van der Waals surface area contributed by atoms with Gasteiger partial charge in [0.25, 0.3) is 0 Å². The molecule has 0 N–H and O–H groups in total. The van der Waals surface area contributed by atoms with Gasteiger partial charge in [0, 0.05) is 38.7 Å². The van der Waals surface area contributed by atoms with Crippen molar-refractivity contribution < 1.29 is 9.59 Å². The van der Waals surface area contributed by atoms with Crippen molar-refractivity contribution in [2.75, 3.05) is 31.6 Å². The number of nitrogens with zero attached hydrogens (tertiary/aromatic N) is 2. The van der Waals surface area contributed by atoms with Crippen LogP contribution in [0.3, 0.4) is 0 Å². The van der Waals surface area contributed by atoms with Crippen LogP contribution >= 0.6 is 0 Å². The third kappa shape index (κ3) is 3.17. The average molecular weight is 246 g/mol. The van der Waals surface area contributed by atoms with Crippen molar-refractivity contribution in [1.29, 1.82) is 0 Å². The van der Waals surface area contributed by atoms with E-state index < -0.39 is 0 Å². The van der Waals surface area contributed by atoms with Crippen molar-refractivity contribution in [3.05, 3.63) is 30.3 Å². The van der Waals surface area contributed by atoms with E-state index in [-0.39, 0.29) is 5.91 Å². The molecule has 96 valence electrons. The van der Waals surface area contributed by atoms with Gasteiger partial charge in [-0.05, 0) is 12.1 Å². The van der Waals surface area contributed by atoms with Crippen LogP contribution in [0, 0.1) is 0 Å². The molecule has 0 aliphatic carbocycles. The molecule has 1 heterocycles. The molecule has 0 bridgehead atoms. The fourth-order valence-electron chi connectivity index (χ4n) is 2.05. The molecule has 0 unspecified atom stereocenters. The first-order valence-corrected chi connectivity index (χ1v) is 6.22. The Morgan fingerprint density at radius 3 is 2.44 bits per heavy atom. The molecule has 1 aliphatic heterocycles. The second-order valence-corrected chi connectivity index (χ2v) is 4.60. The third-order valence-electron chi connectivity index (χ3n) is 3.29. The van der Waals surface area contributed by atoms with Gasteiger partial charge in [-0.1, -0.05) is 18.2 Å². The predicted molar refractivity (Wildman–Crippen MR) is 70.5 cm³/mol. The maximum Gasteiger partial charge on any atom is 0.240 e. The summed E-state index contributed by atoms with van der Waals surface area (Å²) in [7, 11) is 1.78. The molecule has 0 aromatic heterocycles. The number of para-hydroxylation sites is 1. The maximum atomic E-state index is 12.1. The highest BCUT2D eigenvalue weighted by Gasteiger charge is 2.20. The molecule has 0 radical (unpaired) electrons. The molecule has 1 fully saturated rings. The van der Waals surface area contributed by atoms with Crippen molar-refractivity contribution >= 4 is 17.4 Å². The molecule has 1 aliphatic rings. The lowest BCUT2D eigenvalue weighted by atomic mass is 10.1. The first-order chi connectivity index (χ1) is 8.66. The number of Topliss-reactive ketones (excluding diaryl/α,β-unsaturated/α-hetero) is 1. The number of benzene rings is 1. The molecule has 1 saturated heterocycles. The van der Waals surface area contributed by atoms with Crippen LogP contribution < -0.4 is 4.90 Å². The fourth-order valence-corrected chi connectivity index (χ4v) is 2.05. The van der Waals surface area contributed by atoms with E-state index in [4.69, 9.17) is 0 Å². The van der Waals surface area contributed by atoms with Gasteiger partial charge in [0.1, 0.15) is 5.78 Å². The van der Waals surface area contributed by atoms with Crippen LogP contribution in [0.2, 0.25) is 0 Å². The summed E-state index contributed by atoms with van der Waals surface area (Å²) >= 11 is 0. The number of likely N-dealkylation sites (N-methyl/N-ethyl adjacent to an activating group) is 1. The number of likely N-dealkylation sites (tertiary alicyclic amines) is 1. The third-order valence-corrected chi connectivity index (χ3v) is 3.29. The number of anilines is 1. The van der Waals surface area contributed by atoms with Crippen LogP contribution in [-0.4, -0.2) is 43.3 Å². The first kappa shape index (κ1) is 12.8. The van der Waals surface area contributed by atoms with Crippen LogP contribution in [0.1, 0.15) is 12.8 Å². The number of ketones is 1. The standard InChI is InChI=1S/C14H18N2O2/c1-15(12-5-3-2-4-6-12)14(18)11-16-9-7-13(17)8-10-16/h2-6H,7-11H2,1H3. The molecule has 1 aromatic carbocycles. The molecule has 4 nitrogen and oxygen atoms in total. The Hall–Kier alpha value is -1.68. The van der Waals surface area contributed by atoms with Crippen LogP contribution in [-0.2, 0) is 9.59 Å². The molecular formula is C14H18N2O2. The molecule has 18 heavy (non-hydrogen) atoms. The highest BCUT2D eigenvalue weighted by molar-refractivity contribution is 5.94. The van der Waals surface area contributed by atoms with Gasteiger partial charge in [0.15, 0.2) is 0 Å². The molecule has 1 amide bonds. The number of piperidine rings is 1. The number of hydrogen-bond donors (Lipinski definition) is 0. The fraction of sp³-hybridized carbons (Fsp3) is 0.429. The predicted octanol–water partition coefficient (Wildman–Crippen LogP) is 1.31. The lowest BCUT2D eigenvalue weighted by Gasteiger charge is -2.27. The zero-order valence-electron chi connectivity index (χ0n) is 10.6. The Morgan fingerprint density at radius 1 is 1.22 bits per heavy atom. The van der Waals surface area contributed by atoms with Crippen molar-refractivity contribution in [2.24, 2.45) is 0 Å². The van der Waals surface area contributed by atoms with Gasteiger partial charge in [0.05, 0.1) is 6.54 Å². The molecule has 0 atom stereocenters. The molecular weight excluding hydrogens is 228 g/mol. The Morgan fingerprint density at radius 2 is 1.83 bits per heavy atom. The van der Waals surface area contributed by atoms with Gasteiger partial charge in [-0.25, -0.2) is 0 Å². The normalized spacial score (nSPS) is 16.6. The maximum absolute atomic E-state index is 12.1. The molecule has 0 spiro atoms. The lowest BCUT2D eigenvalue weighted by molar-refractivity contribution is -0.124. The van der Waals surface area contributed by atoms with E-state index in [0.29, 0.717) is 38.3 Å². The van der Waals surface area contributed by atoms with Crippen molar-refractivity contribution in [3.63, 3.8) is 0 Å². The zero-order valence-corrected chi connectivity index (χ0v) is 10.6. The van der Waals surface area contributed by atoms with Gasteiger partial charge in [-0.15, -0.1) is 0 Å². The van der Waals surface area contributed by atoms with E-state index in [0.717, 1.165) is 5.69 Å². The van der Waals surface area contributed by atoms with Gasteiger partial charge < -0.3 is 4.90 Å². The summed E-state index contributed by atoms with van der Waals surface area (Å²) in [6, 6.07) is 9.59. The van der Waals surface area contributed by atoms with Gasteiger partial charge in [-0.2, -0.15) is 0 Å². The van der Waals surface area contributed by atoms with Crippen molar-refractivity contribution in [2.45, 2.75) is 12.8 Å². The summed E-state index contributed by atoms with van der Waals surface area (Å²) in [5, 5.41) is 0. The Bertz CT molecular complexity index is 421. The van der Waals surface area contributed by atoms with Gasteiger partial charge >= 0.3 is 0 Å². The summed E-state index contributed by atoms with van der Waals surface area (Å²) in [6.45, 7) is 1.79. The Kier molecular flexibility index (Phi) is 4.10. The summed E-state index contributed by atoms with van der Waals surface area (Å²) in [6.07, 6.45) is 1.14. The minimum Gasteiger partial charge on any atom is -0.314 e. The van der Waals surface area contributed by atoms with E-state index in [1.165, 1.54) is 0 Å². The summed E-state index contributed by atoms with van der Waals surface area (Å²) in [4.78, 5) is 26.9. The largest absolute Gasteiger partial charge is 0.314 e. The molecule has 2 rings (SSSR count). The van der Waals surface area contributed by atoms with E-state index >= 15 is 0 Å². The van der Waals surface area contributed by atoms with Crippen molar-refractivity contribution in [1.82, 2.24) is 4.90 Å². The van der Waals surface area contributed by atoms with E-state index in [2.05, 4.69) is 0 Å². The second-order valence-electron chi connectivity index (χ2n) is 4.60. The SMILES string of the molecule is CN(C(=O)CN1CCC(=O)CC1)c1ccccc1. The van der Waals surface area contributed by atoms with Crippen LogP contribution in [0.4, 0.5) is 5.69 Å². The van der Waals surface area contributed by atoms with E-state index in [1.54, 1.807) is 11.9 Å². The van der Waals surface area contributed by atoms with Crippen LogP contribution in [0.25, 0.3) is 0 Å². The van der Waals surface area contributed by atoms with Crippen LogP contribution in [0.15, 0.2) is 30.3 Å². The highest BCUT2D eigenvalue weighted by Crippen LogP contribution is 2.12. The number of carbonyl (C=O) groups excluding carboxylic acids is 2. The zero-order chi connectivity index (χ0) is 13.0. The minimum absolute atomic E-state index is 0.0653. The molecule has 1 aromatic rings. The summed E-state index contributed by atoms with van der Waals surface area (Å²) in [5.41, 5.74) is 0.899. The van der Waals surface area contributed by atoms with Crippen LogP contribution in [0.5, 0.6) is 0 Å². The number of amides is 1. The number of rotatable bonds is 3. The quantitative estimate of drug-likeness (QED) is 0.807. The topological polar surface area (TPSA) is 40.6 Å². The smallest absolute Gasteiger partial charge is 0.240 e. The van der Waals surface area contributed by atoms with Crippen molar-refractivity contribution in [3.8, 4) is 0 Å². The molecule has 4 heteroatoms. The van der Waals surface area contributed by atoms with E-state index in [9.17, 15) is 9.59 Å².